The normalized spacial score (nSPS) is 37.5. The highest BCUT2D eigenvalue weighted by Gasteiger charge is 2.44. The molecule has 20 heavy (non-hydrogen) atoms. The first-order valence-electron chi connectivity index (χ1n) is 7.69. The van der Waals surface area contributed by atoms with Gasteiger partial charge in [-0.25, -0.2) is 8.42 Å². The predicted molar refractivity (Wildman–Crippen MR) is 77.9 cm³/mol. The first kappa shape index (κ1) is 14.1. The van der Waals surface area contributed by atoms with Gasteiger partial charge < -0.3 is 4.90 Å². The molecule has 0 radical (unpaired) electrons. The molecule has 3 aliphatic rings. The second-order valence-corrected chi connectivity index (χ2v) is 8.70. The number of allylic oxidation sites excluding steroid dienone is 2. The Labute approximate surface area is 121 Å². The molecule has 1 aliphatic heterocycles. The first-order chi connectivity index (χ1) is 9.50. The summed E-state index contributed by atoms with van der Waals surface area (Å²) in [5.74, 6) is 1.66. The zero-order chi connectivity index (χ0) is 14.3. The Hall–Kier alpha value is -0.840. The number of carbonyl (C=O) groups is 1. The van der Waals surface area contributed by atoms with Gasteiger partial charge in [0.25, 0.3) is 0 Å². The lowest BCUT2D eigenvalue weighted by molar-refractivity contribution is -0.138. The Balaban J connectivity index is 1.74. The Morgan fingerprint density at radius 1 is 1.30 bits per heavy atom. The van der Waals surface area contributed by atoms with Crippen LogP contribution in [-0.4, -0.2) is 43.3 Å². The fourth-order valence-corrected chi connectivity index (χ4v) is 5.74. The summed E-state index contributed by atoms with van der Waals surface area (Å²) in [7, 11) is -2.93. The average Bonchev–Trinajstić information content (AvgIpc) is 3.09. The van der Waals surface area contributed by atoms with Crippen LogP contribution in [0.4, 0.5) is 0 Å². The lowest BCUT2D eigenvalue weighted by Gasteiger charge is -2.32. The molecule has 0 spiro atoms. The van der Waals surface area contributed by atoms with Gasteiger partial charge in [0.1, 0.15) is 0 Å². The van der Waals surface area contributed by atoms with E-state index in [1.165, 1.54) is 0 Å². The zero-order valence-electron chi connectivity index (χ0n) is 12.0. The van der Waals surface area contributed by atoms with Crippen LogP contribution in [0.3, 0.4) is 0 Å². The summed E-state index contributed by atoms with van der Waals surface area (Å²) < 4.78 is 23.3. The van der Waals surface area contributed by atoms with Gasteiger partial charge in [0.15, 0.2) is 9.84 Å². The molecule has 4 unspecified atom stereocenters. The van der Waals surface area contributed by atoms with Gasteiger partial charge in [-0.1, -0.05) is 19.1 Å². The molecule has 112 valence electrons. The van der Waals surface area contributed by atoms with Crippen molar-refractivity contribution >= 4 is 15.7 Å². The van der Waals surface area contributed by atoms with E-state index in [1.54, 1.807) is 0 Å². The van der Waals surface area contributed by atoms with E-state index in [4.69, 9.17) is 0 Å². The fourth-order valence-electron chi connectivity index (χ4n) is 4.01. The minimum Gasteiger partial charge on any atom is -0.338 e. The van der Waals surface area contributed by atoms with E-state index in [1.807, 2.05) is 11.8 Å². The van der Waals surface area contributed by atoms with Gasteiger partial charge in [-0.15, -0.1) is 0 Å². The third-order valence-electron chi connectivity index (χ3n) is 4.99. The molecule has 3 rings (SSSR count). The first-order valence-corrected chi connectivity index (χ1v) is 9.51. The molecule has 4 atom stereocenters. The summed E-state index contributed by atoms with van der Waals surface area (Å²) in [5.41, 5.74) is 0. The topological polar surface area (TPSA) is 54.5 Å². The predicted octanol–water partition coefficient (Wildman–Crippen LogP) is 1.62. The molecule has 0 aromatic carbocycles. The number of carbonyl (C=O) groups excluding carboxylic acids is 1. The number of hydrogen-bond acceptors (Lipinski definition) is 3. The van der Waals surface area contributed by atoms with Crippen molar-refractivity contribution in [1.29, 1.82) is 0 Å². The number of nitrogens with zero attached hydrogens (tertiary/aromatic N) is 1. The van der Waals surface area contributed by atoms with E-state index in [0.717, 1.165) is 19.3 Å². The van der Waals surface area contributed by atoms with Crippen molar-refractivity contribution in [1.82, 2.24) is 4.90 Å². The van der Waals surface area contributed by atoms with Crippen LogP contribution in [0.25, 0.3) is 0 Å². The molecular weight excluding hydrogens is 274 g/mol. The molecule has 2 fully saturated rings. The molecule has 2 bridgehead atoms. The molecule has 4 nitrogen and oxygen atoms in total. The standard InChI is InChI=1S/C15H23NO3S/c1-2-6-16(13-5-7-20(18,19)10-13)15(17)14-9-11-3-4-12(14)8-11/h3-4,11-14H,2,5-10H2,1H3. The van der Waals surface area contributed by atoms with E-state index < -0.39 is 9.84 Å². The van der Waals surface area contributed by atoms with Crippen LogP contribution in [0.1, 0.15) is 32.6 Å². The average molecular weight is 297 g/mol. The molecule has 1 saturated heterocycles. The Morgan fingerprint density at radius 2 is 2.10 bits per heavy atom. The maximum atomic E-state index is 12.8. The Bertz CT molecular complexity index is 525. The minimum atomic E-state index is -2.93. The quantitative estimate of drug-likeness (QED) is 0.741. The maximum absolute atomic E-state index is 12.8. The van der Waals surface area contributed by atoms with Gasteiger partial charge in [-0.3, -0.25) is 4.79 Å². The van der Waals surface area contributed by atoms with Crippen LogP contribution in [0.15, 0.2) is 12.2 Å². The molecule has 5 heteroatoms. The smallest absolute Gasteiger partial charge is 0.226 e. The number of hydrogen-bond donors (Lipinski definition) is 0. The largest absolute Gasteiger partial charge is 0.338 e. The molecule has 0 aromatic rings. The van der Waals surface area contributed by atoms with E-state index >= 15 is 0 Å². The third kappa shape index (κ3) is 2.52. The van der Waals surface area contributed by atoms with Crippen LogP contribution in [-0.2, 0) is 14.6 Å². The van der Waals surface area contributed by atoms with Crippen molar-refractivity contribution < 1.29 is 13.2 Å². The Kier molecular flexibility index (Phi) is 3.65. The number of amides is 1. The van der Waals surface area contributed by atoms with E-state index in [2.05, 4.69) is 12.2 Å². The van der Waals surface area contributed by atoms with Crippen LogP contribution < -0.4 is 0 Å². The summed E-state index contributed by atoms with van der Waals surface area (Å²) in [6.45, 7) is 2.74. The van der Waals surface area contributed by atoms with Crippen LogP contribution >= 0.6 is 0 Å². The van der Waals surface area contributed by atoms with Crippen molar-refractivity contribution in [3.05, 3.63) is 12.2 Å². The van der Waals surface area contributed by atoms with Gasteiger partial charge in [0, 0.05) is 18.5 Å². The maximum Gasteiger partial charge on any atom is 0.226 e. The summed E-state index contributed by atoms with van der Waals surface area (Å²) in [6, 6.07) is -0.0874. The zero-order valence-corrected chi connectivity index (χ0v) is 12.8. The van der Waals surface area contributed by atoms with Crippen molar-refractivity contribution in [2.75, 3.05) is 18.1 Å². The van der Waals surface area contributed by atoms with Crippen molar-refractivity contribution in [2.24, 2.45) is 17.8 Å². The third-order valence-corrected chi connectivity index (χ3v) is 6.74. The monoisotopic (exact) mass is 297 g/mol. The van der Waals surface area contributed by atoms with E-state index in [-0.39, 0.29) is 29.4 Å². The fraction of sp³-hybridized carbons (Fsp3) is 0.800. The lowest BCUT2D eigenvalue weighted by Crippen LogP contribution is -2.45. The summed E-state index contributed by atoms with van der Waals surface area (Å²) >= 11 is 0. The number of rotatable bonds is 4. The van der Waals surface area contributed by atoms with Gasteiger partial charge in [-0.2, -0.15) is 0 Å². The number of fused-ring (bicyclic) bond motifs is 2. The van der Waals surface area contributed by atoms with Crippen molar-refractivity contribution in [3.8, 4) is 0 Å². The van der Waals surface area contributed by atoms with E-state index in [0.29, 0.717) is 24.8 Å². The molecule has 1 saturated carbocycles. The summed E-state index contributed by atoms with van der Waals surface area (Å²) in [4.78, 5) is 14.7. The molecule has 1 amide bonds. The SMILES string of the molecule is CCCN(C(=O)C1CC2C=CC1C2)C1CCS(=O)(=O)C1. The van der Waals surface area contributed by atoms with Crippen molar-refractivity contribution in [3.63, 3.8) is 0 Å². The Morgan fingerprint density at radius 3 is 2.60 bits per heavy atom. The van der Waals surface area contributed by atoms with Gasteiger partial charge in [0.05, 0.1) is 11.5 Å². The minimum absolute atomic E-state index is 0.0874. The summed E-state index contributed by atoms with van der Waals surface area (Å²) in [5, 5.41) is 0. The van der Waals surface area contributed by atoms with Gasteiger partial charge in [0.2, 0.25) is 5.91 Å². The highest BCUT2D eigenvalue weighted by Crippen LogP contribution is 2.44. The lowest BCUT2D eigenvalue weighted by atomic mass is 9.91. The molecule has 2 aliphatic carbocycles. The van der Waals surface area contributed by atoms with Crippen molar-refractivity contribution in [2.45, 2.75) is 38.6 Å². The molecule has 0 aromatic heterocycles. The molecule has 1 heterocycles. The molecule has 0 N–H and O–H groups in total. The van der Waals surface area contributed by atoms with Crippen LogP contribution in [0.2, 0.25) is 0 Å². The van der Waals surface area contributed by atoms with Crippen LogP contribution in [0.5, 0.6) is 0 Å². The number of sulfone groups is 1. The van der Waals surface area contributed by atoms with Gasteiger partial charge >= 0.3 is 0 Å². The second-order valence-electron chi connectivity index (χ2n) is 6.48. The van der Waals surface area contributed by atoms with Gasteiger partial charge in [-0.05, 0) is 37.5 Å². The summed E-state index contributed by atoms with van der Waals surface area (Å²) in [6.07, 6.45) is 7.99. The van der Waals surface area contributed by atoms with Crippen LogP contribution in [0, 0.1) is 17.8 Å². The second kappa shape index (κ2) is 5.17. The highest BCUT2D eigenvalue weighted by molar-refractivity contribution is 7.91. The molecular formula is C15H23NO3S. The highest BCUT2D eigenvalue weighted by atomic mass is 32.2. The van der Waals surface area contributed by atoms with E-state index in [9.17, 15) is 13.2 Å².